The Morgan fingerprint density at radius 1 is 1.04 bits per heavy atom. The third-order valence-corrected chi connectivity index (χ3v) is 4.01. The van der Waals surface area contributed by atoms with Crippen LogP contribution in [0.25, 0.3) is 11.4 Å². The van der Waals surface area contributed by atoms with Crippen LogP contribution in [0.15, 0.2) is 53.6 Å². The van der Waals surface area contributed by atoms with Gasteiger partial charge in [0.2, 0.25) is 4.77 Å². The van der Waals surface area contributed by atoms with E-state index in [1.54, 1.807) is 10.9 Å². The molecule has 27 heavy (non-hydrogen) atoms. The zero-order valence-corrected chi connectivity index (χ0v) is 16.2. The highest BCUT2D eigenvalue weighted by atomic mass is 32.1. The van der Waals surface area contributed by atoms with Gasteiger partial charge in [0, 0.05) is 5.56 Å². The van der Waals surface area contributed by atoms with Crippen LogP contribution >= 0.6 is 12.2 Å². The van der Waals surface area contributed by atoms with E-state index in [0.717, 1.165) is 29.0 Å². The van der Waals surface area contributed by atoms with Gasteiger partial charge in [0.1, 0.15) is 11.5 Å². The first-order valence-electron chi connectivity index (χ1n) is 8.89. The lowest BCUT2D eigenvalue weighted by atomic mass is 10.2. The van der Waals surface area contributed by atoms with Crippen LogP contribution in [0.1, 0.15) is 25.8 Å². The van der Waals surface area contributed by atoms with E-state index < -0.39 is 0 Å². The maximum atomic E-state index is 5.59. The number of hydrogen-bond donors (Lipinski definition) is 1. The first kappa shape index (κ1) is 18.8. The van der Waals surface area contributed by atoms with Crippen molar-refractivity contribution in [3.63, 3.8) is 0 Å². The summed E-state index contributed by atoms with van der Waals surface area (Å²) < 4.78 is 13.1. The minimum Gasteiger partial charge on any atom is -0.494 e. The second kappa shape index (κ2) is 9.14. The van der Waals surface area contributed by atoms with Crippen molar-refractivity contribution in [1.82, 2.24) is 14.9 Å². The number of aromatic nitrogens is 3. The van der Waals surface area contributed by atoms with Crippen molar-refractivity contribution in [1.29, 1.82) is 0 Å². The van der Waals surface area contributed by atoms with Crippen LogP contribution in [0, 0.1) is 4.77 Å². The van der Waals surface area contributed by atoms with E-state index in [1.165, 1.54) is 0 Å². The van der Waals surface area contributed by atoms with Gasteiger partial charge in [0.25, 0.3) is 0 Å². The van der Waals surface area contributed by atoms with Crippen LogP contribution < -0.4 is 9.47 Å². The monoisotopic (exact) mass is 382 g/mol. The summed E-state index contributed by atoms with van der Waals surface area (Å²) >= 11 is 5.31. The highest BCUT2D eigenvalue weighted by Gasteiger charge is 2.08. The van der Waals surface area contributed by atoms with Gasteiger partial charge in [0.05, 0.1) is 19.4 Å². The molecule has 0 saturated carbocycles. The van der Waals surface area contributed by atoms with Crippen molar-refractivity contribution in [2.75, 3.05) is 13.2 Å². The summed E-state index contributed by atoms with van der Waals surface area (Å²) in [5.41, 5.74) is 1.84. The molecule has 0 fully saturated rings. The zero-order valence-electron chi connectivity index (χ0n) is 15.4. The highest BCUT2D eigenvalue weighted by molar-refractivity contribution is 7.71. The summed E-state index contributed by atoms with van der Waals surface area (Å²) in [6.07, 6.45) is 2.73. The molecule has 2 aromatic carbocycles. The van der Waals surface area contributed by atoms with Crippen LogP contribution in [0.4, 0.5) is 0 Å². The highest BCUT2D eigenvalue weighted by Crippen LogP contribution is 2.21. The average molecular weight is 382 g/mol. The van der Waals surface area contributed by atoms with Gasteiger partial charge >= 0.3 is 0 Å². The van der Waals surface area contributed by atoms with Gasteiger partial charge in [-0.25, -0.2) is 5.10 Å². The standard InChI is InChI=1S/C20H22N4O2S/c1-3-13-26-18-9-5-15(6-10-18)14-21-24-19(22-23-20(24)27)16-7-11-17(12-8-16)25-4-2/h5-12,14H,3-4,13H2,1-2H3,(H,23,27). The predicted molar refractivity (Wildman–Crippen MR) is 109 cm³/mol. The van der Waals surface area contributed by atoms with E-state index in [2.05, 4.69) is 22.2 Å². The first-order chi connectivity index (χ1) is 13.2. The van der Waals surface area contributed by atoms with Crippen LogP contribution in [-0.4, -0.2) is 34.3 Å². The molecule has 0 atom stereocenters. The van der Waals surface area contributed by atoms with E-state index in [9.17, 15) is 0 Å². The molecule has 0 spiro atoms. The Kier molecular flexibility index (Phi) is 6.38. The van der Waals surface area contributed by atoms with Crippen molar-refractivity contribution < 1.29 is 9.47 Å². The van der Waals surface area contributed by atoms with Crippen molar-refractivity contribution in [2.45, 2.75) is 20.3 Å². The summed E-state index contributed by atoms with van der Waals surface area (Å²) in [4.78, 5) is 0. The number of ether oxygens (including phenoxy) is 2. The molecular weight excluding hydrogens is 360 g/mol. The first-order valence-corrected chi connectivity index (χ1v) is 9.30. The van der Waals surface area contributed by atoms with Crippen molar-refractivity contribution in [3.05, 3.63) is 58.9 Å². The molecule has 6 nitrogen and oxygen atoms in total. The van der Waals surface area contributed by atoms with Crippen LogP contribution in [0.2, 0.25) is 0 Å². The average Bonchev–Trinajstić information content (AvgIpc) is 3.07. The van der Waals surface area contributed by atoms with E-state index in [1.807, 2.05) is 55.5 Å². The number of aromatic amines is 1. The van der Waals surface area contributed by atoms with Gasteiger partial charge in [-0.1, -0.05) is 6.92 Å². The molecule has 0 amide bonds. The molecule has 0 aliphatic heterocycles. The van der Waals surface area contributed by atoms with Gasteiger partial charge in [0.15, 0.2) is 5.82 Å². The Bertz CT molecular complexity index is 943. The van der Waals surface area contributed by atoms with E-state index in [4.69, 9.17) is 21.7 Å². The minimum absolute atomic E-state index is 0.429. The third-order valence-electron chi connectivity index (χ3n) is 3.75. The fourth-order valence-corrected chi connectivity index (χ4v) is 2.63. The van der Waals surface area contributed by atoms with Gasteiger partial charge < -0.3 is 9.47 Å². The molecule has 140 valence electrons. The van der Waals surface area contributed by atoms with Gasteiger partial charge in [-0.2, -0.15) is 14.9 Å². The third kappa shape index (κ3) is 4.83. The van der Waals surface area contributed by atoms with Crippen molar-refractivity contribution >= 4 is 18.4 Å². The van der Waals surface area contributed by atoms with Crippen molar-refractivity contribution in [2.24, 2.45) is 5.10 Å². The Morgan fingerprint density at radius 2 is 1.70 bits per heavy atom. The topological polar surface area (TPSA) is 64.4 Å². The van der Waals surface area contributed by atoms with Crippen molar-refractivity contribution in [3.8, 4) is 22.9 Å². The van der Waals surface area contributed by atoms with Crippen LogP contribution in [-0.2, 0) is 0 Å². The molecule has 0 saturated heterocycles. The lowest BCUT2D eigenvalue weighted by Gasteiger charge is -2.05. The molecule has 0 bridgehead atoms. The molecule has 3 rings (SSSR count). The molecule has 1 aromatic heterocycles. The smallest absolute Gasteiger partial charge is 0.216 e. The Morgan fingerprint density at radius 3 is 2.37 bits per heavy atom. The summed E-state index contributed by atoms with van der Waals surface area (Å²) in [5.74, 6) is 2.31. The molecule has 3 aromatic rings. The molecule has 0 aliphatic carbocycles. The summed E-state index contributed by atoms with van der Waals surface area (Å²) in [5, 5.41) is 11.6. The lowest BCUT2D eigenvalue weighted by Crippen LogP contribution is -1.97. The molecule has 0 unspecified atom stereocenters. The predicted octanol–water partition coefficient (Wildman–Crippen LogP) is 4.68. The lowest BCUT2D eigenvalue weighted by molar-refractivity contribution is 0.317. The number of hydrogen-bond acceptors (Lipinski definition) is 5. The second-order valence-corrected chi connectivity index (χ2v) is 6.17. The molecule has 1 heterocycles. The maximum Gasteiger partial charge on any atom is 0.216 e. The van der Waals surface area contributed by atoms with E-state index in [0.29, 0.717) is 23.8 Å². The summed E-state index contributed by atoms with van der Waals surface area (Å²) in [6.45, 7) is 5.38. The summed E-state index contributed by atoms with van der Waals surface area (Å²) in [7, 11) is 0. The van der Waals surface area contributed by atoms with E-state index in [-0.39, 0.29) is 0 Å². The van der Waals surface area contributed by atoms with Crippen LogP contribution in [0.3, 0.4) is 0 Å². The number of nitrogens with zero attached hydrogens (tertiary/aromatic N) is 3. The Hall–Kier alpha value is -2.93. The zero-order chi connectivity index (χ0) is 19.1. The molecule has 7 heteroatoms. The molecule has 1 N–H and O–H groups in total. The maximum absolute atomic E-state index is 5.59. The molecular formula is C20H22N4O2S. The van der Waals surface area contributed by atoms with Gasteiger partial charge in [-0.3, -0.25) is 0 Å². The Balaban J connectivity index is 1.80. The van der Waals surface area contributed by atoms with Crippen LogP contribution in [0.5, 0.6) is 11.5 Å². The SMILES string of the molecule is CCCOc1ccc(C=Nn2c(-c3ccc(OCC)cc3)n[nH]c2=S)cc1. The normalized spacial score (nSPS) is 11.0. The quantitative estimate of drug-likeness (QED) is 0.454. The largest absolute Gasteiger partial charge is 0.494 e. The fourth-order valence-electron chi connectivity index (χ4n) is 2.45. The Labute approximate surface area is 163 Å². The van der Waals surface area contributed by atoms with E-state index >= 15 is 0 Å². The van der Waals surface area contributed by atoms with Gasteiger partial charge in [-0.05, 0) is 79.7 Å². The number of nitrogens with one attached hydrogen (secondary N) is 1. The molecule has 0 aliphatic rings. The second-order valence-electron chi connectivity index (χ2n) is 5.78. The molecule has 0 radical (unpaired) electrons. The number of rotatable bonds is 8. The fraction of sp³-hybridized carbons (Fsp3) is 0.250. The number of H-pyrrole nitrogens is 1. The summed E-state index contributed by atoms with van der Waals surface area (Å²) in [6, 6.07) is 15.4. The minimum atomic E-state index is 0.429. The number of benzene rings is 2. The van der Waals surface area contributed by atoms with Gasteiger partial charge in [-0.15, -0.1) is 0 Å².